The summed E-state index contributed by atoms with van der Waals surface area (Å²) < 4.78 is 53.4. The SMILES string of the molecule is Cc1ccc2[nH]cc(Nc3nc4cc(C(F)(F)F)c(F)cc4n3N)c2c1.Cl. The number of hydrogen-bond donors (Lipinski definition) is 3. The molecule has 0 amide bonds. The number of rotatable bonds is 2. The molecule has 5 nitrogen and oxygen atoms in total. The Balaban J connectivity index is 0.00000210. The van der Waals surface area contributed by atoms with Crippen LogP contribution in [0.1, 0.15) is 11.1 Å². The maximum Gasteiger partial charge on any atom is 0.419 e. The summed E-state index contributed by atoms with van der Waals surface area (Å²) in [6, 6.07) is 7.18. The van der Waals surface area contributed by atoms with Crippen LogP contribution in [0, 0.1) is 12.7 Å². The normalized spacial score (nSPS) is 11.7. The number of aromatic nitrogens is 3. The lowest BCUT2D eigenvalue weighted by atomic mass is 10.1. The second-order valence-electron chi connectivity index (χ2n) is 6.00. The number of nitrogens with two attached hydrogens (primary N) is 1. The van der Waals surface area contributed by atoms with Crippen molar-refractivity contribution in [2.45, 2.75) is 13.1 Å². The third-order valence-corrected chi connectivity index (χ3v) is 4.17. The van der Waals surface area contributed by atoms with Gasteiger partial charge in [0.25, 0.3) is 0 Å². The van der Waals surface area contributed by atoms with Crippen molar-refractivity contribution in [3.63, 3.8) is 0 Å². The number of aryl methyl sites for hydroxylation is 1. The van der Waals surface area contributed by atoms with Crippen LogP contribution in [0.3, 0.4) is 0 Å². The zero-order valence-electron chi connectivity index (χ0n) is 13.9. The molecular formula is C17H14ClF4N5. The zero-order chi connectivity index (χ0) is 18.6. The molecule has 27 heavy (non-hydrogen) atoms. The van der Waals surface area contributed by atoms with Gasteiger partial charge >= 0.3 is 6.18 Å². The predicted molar refractivity (Wildman–Crippen MR) is 98.4 cm³/mol. The summed E-state index contributed by atoms with van der Waals surface area (Å²) in [5.41, 5.74) is 1.19. The van der Waals surface area contributed by atoms with E-state index >= 15 is 0 Å². The summed E-state index contributed by atoms with van der Waals surface area (Å²) in [6.45, 7) is 1.94. The maximum absolute atomic E-state index is 13.8. The van der Waals surface area contributed by atoms with Crippen LogP contribution in [0.25, 0.3) is 21.9 Å². The topological polar surface area (TPSA) is 71.7 Å². The molecule has 4 aromatic rings. The van der Waals surface area contributed by atoms with Crippen LogP contribution >= 0.6 is 12.4 Å². The monoisotopic (exact) mass is 399 g/mol. The van der Waals surface area contributed by atoms with Crippen LogP contribution in [0.5, 0.6) is 0 Å². The van der Waals surface area contributed by atoms with E-state index in [9.17, 15) is 17.6 Å². The Kier molecular flexibility index (Phi) is 4.43. The molecule has 142 valence electrons. The highest BCUT2D eigenvalue weighted by molar-refractivity contribution is 5.94. The Morgan fingerprint density at radius 1 is 1.19 bits per heavy atom. The van der Waals surface area contributed by atoms with Crippen molar-refractivity contribution in [3.8, 4) is 0 Å². The molecule has 0 saturated carbocycles. The minimum absolute atomic E-state index is 0. The van der Waals surface area contributed by atoms with Gasteiger partial charge in [-0.1, -0.05) is 11.6 Å². The molecule has 0 aliphatic rings. The average Bonchev–Trinajstić information content (AvgIpc) is 3.08. The molecule has 0 aliphatic heterocycles. The molecule has 0 saturated heterocycles. The first-order valence-corrected chi connectivity index (χ1v) is 7.63. The van der Waals surface area contributed by atoms with E-state index in [1.165, 1.54) is 0 Å². The number of fused-ring (bicyclic) bond motifs is 2. The van der Waals surface area contributed by atoms with E-state index in [1.807, 2.05) is 25.1 Å². The van der Waals surface area contributed by atoms with E-state index in [-0.39, 0.29) is 29.4 Å². The standard InChI is InChI=1S/C17H13F4N5.ClH/c1-8-2-3-12-9(4-8)14(7-23-12)25-16-24-13-5-10(17(19,20)21)11(18)6-15(13)26(16)22;/h2-7,23H,22H2,1H3,(H,24,25);1H. The Bertz CT molecular complexity index is 1150. The lowest BCUT2D eigenvalue weighted by Gasteiger charge is -2.07. The molecule has 0 aliphatic carbocycles. The minimum atomic E-state index is -4.81. The van der Waals surface area contributed by atoms with Gasteiger partial charge in [-0.05, 0) is 25.1 Å². The number of nitrogen functional groups attached to an aromatic ring is 1. The highest BCUT2D eigenvalue weighted by Crippen LogP contribution is 2.34. The van der Waals surface area contributed by atoms with E-state index in [4.69, 9.17) is 5.84 Å². The number of halogens is 5. The Labute approximate surface area is 156 Å². The molecule has 0 bridgehead atoms. The first-order chi connectivity index (χ1) is 12.2. The van der Waals surface area contributed by atoms with Crippen molar-refractivity contribution in [2.24, 2.45) is 0 Å². The van der Waals surface area contributed by atoms with E-state index in [0.717, 1.165) is 27.2 Å². The molecule has 0 fully saturated rings. The number of aromatic amines is 1. The molecule has 2 aromatic heterocycles. The summed E-state index contributed by atoms with van der Waals surface area (Å²) in [5, 5.41) is 3.86. The fourth-order valence-corrected chi connectivity index (χ4v) is 2.88. The summed E-state index contributed by atoms with van der Waals surface area (Å²) in [4.78, 5) is 7.16. The van der Waals surface area contributed by atoms with Gasteiger partial charge in [0.2, 0.25) is 5.95 Å². The van der Waals surface area contributed by atoms with Crippen LogP contribution in [0.15, 0.2) is 36.5 Å². The summed E-state index contributed by atoms with van der Waals surface area (Å²) in [7, 11) is 0. The van der Waals surface area contributed by atoms with Gasteiger partial charge in [-0.3, -0.25) is 0 Å². The molecule has 10 heteroatoms. The smallest absolute Gasteiger partial charge is 0.359 e. The van der Waals surface area contributed by atoms with Crippen LogP contribution in [0.4, 0.5) is 29.2 Å². The van der Waals surface area contributed by atoms with Crippen molar-refractivity contribution in [3.05, 3.63) is 53.5 Å². The van der Waals surface area contributed by atoms with Crippen LogP contribution in [0.2, 0.25) is 0 Å². The highest BCUT2D eigenvalue weighted by Gasteiger charge is 2.35. The van der Waals surface area contributed by atoms with Crippen LogP contribution in [-0.2, 0) is 6.18 Å². The lowest BCUT2D eigenvalue weighted by molar-refractivity contribution is -0.139. The third-order valence-electron chi connectivity index (χ3n) is 4.17. The number of nitrogens with one attached hydrogen (secondary N) is 2. The molecule has 2 aromatic carbocycles. The number of H-pyrrole nitrogens is 1. The van der Waals surface area contributed by atoms with Crippen molar-refractivity contribution >= 4 is 46.0 Å². The predicted octanol–water partition coefficient (Wildman–Crippen LogP) is 4.86. The quantitative estimate of drug-likeness (QED) is 0.333. The van der Waals surface area contributed by atoms with Gasteiger partial charge in [-0.15, -0.1) is 12.4 Å². The molecule has 0 radical (unpaired) electrons. The van der Waals surface area contributed by atoms with Crippen LogP contribution < -0.4 is 11.2 Å². The molecule has 0 unspecified atom stereocenters. The molecule has 4 N–H and O–H groups in total. The van der Waals surface area contributed by atoms with Crippen molar-refractivity contribution in [1.82, 2.24) is 14.6 Å². The minimum Gasteiger partial charge on any atom is -0.359 e. The Morgan fingerprint density at radius 3 is 2.63 bits per heavy atom. The van der Waals surface area contributed by atoms with Gasteiger partial charge in [-0.2, -0.15) is 13.2 Å². The average molecular weight is 400 g/mol. The first-order valence-electron chi connectivity index (χ1n) is 7.63. The number of imidazole rings is 1. The maximum atomic E-state index is 13.8. The summed E-state index contributed by atoms with van der Waals surface area (Å²) in [5.74, 6) is 4.59. The van der Waals surface area contributed by atoms with Gasteiger partial charge < -0.3 is 16.1 Å². The summed E-state index contributed by atoms with van der Waals surface area (Å²) in [6.07, 6.45) is -3.11. The number of benzene rings is 2. The fraction of sp³-hybridized carbons (Fsp3) is 0.118. The number of alkyl halides is 3. The first kappa shape index (κ1) is 18.8. The second-order valence-corrected chi connectivity index (χ2v) is 6.00. The van der Waals surface area contributed by atoms with Gasteiger partial charge in [0, 0.05) is 23.2 Å². The number of nitrogens with zero attached hydrogens (tertiary/aromatic N) is 2. The van der Waals surface area contributed by atoms with Crippen LogP contribution in [-0.4, -0.2) is 14.6 Å². The van der Waals surface area contributed by atoms with E-state index < -0.39 is 17.6 Å². The molecule has 2 heterocycles. The number of anilines is 2. The van der Waals surface area contributed by atoms with E-state index in [0.29, 0.717) is 11.8 Å². The molecule has 0 spiro atoms. The van der Waals surface area contributed by atoms with Gasteiger partial charge in [0.15, 0.2) is 0 Å². The van der Waals surface area contributed by atoms with Gasteiger partial charge in [0.05, 0.1) is 22.3 Å². The zero-order valence-corrected chi connectivity index (χ0v) is 14.7. The number of hydrogen-bond acceptors (Lipinski definition) is 3. The molecular weight excluding hydrogens is 386 g/mol. The van der Waals surface area contributed by atoms with E-state index in [2.05, 4.69) is 15.3 Å². The summed E-state index contributed by atoms with van der Waals surface area (Å²) >= 11 is 0. The molecule has 4 rings (SSSR count). The van der Waals surface area contributed by atoms with Crippen molar-refractivity contribution in [2.75, 3.05) is 11.2 Å². The van der Waals surface area contributed by atoms with Gasteiger partial charge in [0.1, 0.15) is 5.82 Å². The Hall–Kier alpha value is -2.94. The Morgan fingerprint density at radius 2 is 1.93 bits per heavy atom. The second kappa shape index (κ2) is 6.34. The van der Waals surface area contributed by atoms with Crippen molar-refractivity contribution in [1.29, 1.82) is 0 Å². The third kappa shape index (κ3) is 3.14. The lowest BCUT2D eigenvalue weighted by Crippen LogP contribution is -2.12. The largest absolute Gasteiger partial charge is 0.419 e. The van der Waals surface area contributed by atoms with Crippen molar-refractivity contribution < 1.29 is 17.6 Å². The van der Waals surface area contributed by atoms with Gasteiger partial charge in [-0.25, -0.2) is 14.1 Å². The van der Waals surface area contributed by atoms with E-state index in [1.54, 1.807) is 6.20 Å². The molecule has 0 atom stereocenters. The fourth-order valence-electron chi connectivity index (χ4n) is 2.88. The highest BCUT2D eigenvalue weighted by atomic mass is 35.5.